The fourth-order valence-corrected chi connectivity index (χ4v) is 7.45. The Hall–Kier alpha value is -1.85. The van der Waals surface area contributed by atoms with Gasteiger partial charge < -0.3 is 14.8 Å². The summed E-state index contributed by atoms with van der Waals surface area (Å²) in [5.74, 6) is 0.0252. The molecule has 2 saturated heterocycles. The highest BCUT2D eigenvalue weighted by Gasteiger charge is 2.42. The summed E-state index contributed by atoms with van der Waals surface area (Å²) < 4.78 is 40.4. The van der Waals surface area contributed by atoms with Gasteiger partial charge in [-0.05, 0) is 70.0 Å². The lowest BCUT2D eigenvalue weighted by molar-refractivity contribution is -0.154. The summed E-state index contributed by atoms with van der Waals surface area (Å²) in [6.45, 7) is 3.58. The van der Waals surface area contributed by atoms with Gasteiger partial charge >= 0.3 is 5.97 Å². The molecule has 0 radical (unpaired) electrons. The van der Waals surface area contributed by atoms with Crippen molar-refractivity contribution in [2.45, 2.75) is 56.3 Å². The summed E-state index contributed by atoms with van der Waals surface area (Å²) in [7, 11) is -4.11. The number of hydrogen-bond acceptors (Lipinski definition) is 7. The highest BCUT2D eigenvalue weighted by molar-refractivity contribution is 7.89. The first kappa shape index (κ1) is 32.7. The van der Waals surface area contributed by atoms with Gasteiger partial charge in [-0.15, -0.1) is 24.8 Å². The second-order valence-corrected chi connectivity index (χ2v) is 12.2. The number of halogens is 4. The van der Waals surface area contributed by atoms with E-state index in [1.54, 1.807) is 6.07 Å². The molecule has 0 amide bonds. The normalized spacial score (nSPS) is 18.1. The van der Waals surface area contributed by atoms with Crippen LogP contribution in [-0.4, -0.2) is 55.5 Å². The van der Waals surface area contributed by atoms with E-state index in [1.165, 1.54) is 16.4 Å². The molecule has 0 bridgehead atoms. The molecule has 1 N–H and O–H groups in total. The molecule has 0 aliphatic carbocycles. The molecule has 5 rings (SSSR count). The van der Waals surface area contributed by atoms with Crippen molar-refractivity contribution in [1.29, 1.82) is 0 Å². The van der Waals surface area contributed by atoms with Crippen molar-refractivity contribution in [1.82, 2.24) is 14.6 Å². The van der Waals surface area contributed by atoms with Gasteiger partial charge in [-0.1, -0.05) is 41.4 Å². The molecule has 0 spiro atoms. The standard InChI is InChI=1S/C27H29Cl2N3O5S.2ClH/c1-17-7-8-18-4-2-6-23(26(18)31-17)36-16-20-21(28)9-10-24(25(20)29)38(34,35)32-15-3-5-22(32)27(33)37-19-11-13-30-14-12-19;;/h2,4,6-10,19,22,30H,3,5,11-16H2,1H3;2*1H/t22-;;/m0../s1. The molecule has 40 heavy (non-hydrogen) atoms. The van der Waals surface area contributed by atoms with Crippen molar-refractivity contribution < 1.29 is 22.7 Å². The molecule has 3 heterocycles. The van der Waals surface area contributed by atoms with Crippen LogP contribution in [0.5, 0.6) is 5.75 Å². The van der Waals surface area contributed by atoms with Crippen LogP contribution in [0.2, 0.25) is 10.0 Å². The fourth-order valence-electron chi connectivity index (χ4n) is 4.94. The summed E-state index contributed by atoms with van der Waals surface area (Å²) in [5.41, 5.74) is 1.87. The highest BCUT2D eigenvalue weighted by atomic mass is 35.5. The third-order valence-corrected chi connectivity index (χ3v) is 9.82. The van der Waals surface area contributed by atoms with Gasteiger partial charge in [-0.3, -0.25) is 4.79 Å². The summed E-state index contributed by atoms with van der Waals surface area (Å²) in [4.78, 5) is 17.4. The SMILES string of the molecule is Cc1ccc2cccc(OCc3c(Cl)ccc(S(=O)(=O)N4CCC[C@H]4C(=O)OC4CCNCC4)c3Cl)c2n1.Cl.Cl. The average molecular weight is 651 g/mol. The molecule has 2 aliphatic heterocycles. The maximum Gasteiger partial charge on any atom is 0.324 e. The van der Waals surface area contributed by atoms with Crippen LogP contribution in [0.1, 0.15) is 36.9 Å². The lowest BCUT2D eigenvalue weighted by Gasteiger charge is -2.27. The summed E-state index contributed by atoms with van der Waals surface area (Å²) in [6.07, 6.45) is 2.17. The number of ether oxygens (including phenoxy) is 2. The van der Waals surface area contributed by atoms with E-state index in [1.807, 2.05) is 31.2 Å². The zero-order chi connectivity index (χ0) is 26.9. The van der Waals surface area contributed by atoms with Gasteiger partial charge in [0.25, 0.3) is 0 Å². The molecule has 218 valence electrons. The number of nitrogens with one attached hydrogen (secondary N) is 1. The smallest absolute Gasteiger partial charge is 0.324 e. The van der Waals surface area contributed by atoms with Crippen LogP contribution in [0.4, 0.5) is 0 Å². The minimum atomic E-state index is -4.11. The Kier molecular flexibility index (Phi) is 11.3. The monoisotopic (exact) mass is 649 g/mol. The largest absolute Gasteiger partial charge is 0.487 e. The molecule has 3 aromatic rings. The van der Waals surface area contributed by atoms with Crippen LogP contribution >= 0.6 is 48.0 Å². The van der Waals surface area contributed by atoms with Crippen LogP contribution in [-0.2, 0) is 26.2 Å². The summed E-state index contributed by atoms with van der Waals surface area (Å²) >= 11 is 13.1. The lowest BCUT2D eigenvalue weighted by Crippen LogP contribution is -2.43. The summed E-state index contributed by atoms with van der Waals surface area (Å²) in [6, 6.07) is 11.4. The molecule has 0 saturated carbocycles. The molecular weight excluding hydrogens is 620 g/mol. The third-order valence-electron chi connectivity index (χ3n) is 6.98. The number of pyridine rings is 1. The number of benzene rings is 2. The Labute approximate surface area is 256 Å². The second-order valence-electron chi connectivity index (χ2n) is 9.57. The van der Waals surface area contributed by atoms with Gasteiger partial charge in [0.2, 0.25) is 10.0 Å². The van der Waals surface area contributed by atoms with Gasteiger partial charge in [0.15, 0.2) is 0 Å². The minimum Gasteiger partial charge on any atom is -0.487 e. The molecule has 1 aromatic heterocycles. The molecule has 2 aromatic carbocycles. The van der Waals surface area contributed by atoms with E-state index in [4.69, 9.17) is 32.7 Å². The molecule has 2 aliphatic rings. The van der Waals surface area contributed by atoms with Crippen molar-refractivity contribution in [2.24, 2.45) is 0 Å². The molecular formula is C27H31Cl4N3O5S. The van der Waals surface area contributed by atoms with E-state index in [0.29, 0.717) is 42.5 Å². The van der Waals surface area contributed by atoms with Crippen LogP contribution in [0.25, 0.3) is 10.9 Å². The number of rotatable bonds is 7. The number of esters is 1. The van der Waals surface area contributed by atoms with Crippen molar-refractivity contribution in [2.75, 3.05) is 19.6 Å². The third kappa shape index (κ3) is 6.78. The number of para-hydroxylation sites is 1. The zero-order valence-corrected chi connectivity index (χ0v) is 25.7. The van der Waals surface area contributed by atoms with Crippen molar-refractivity contribution in [3.05, 3.63) is 63.8 Å². The number of aryl methyl sites for hydroxylation is 1. The quantitative estimate of drug-likeness (QED) is 0.327. The van der Waals surface area contributed by atoms with E-state index < -0.39 is 22.0 Å². The first-order valence-corrected chi connectivity index (χ1v) is 14.8. The summed E-state index contributed by atoms with van der Waals surface area (Å²) in [5, 5.41) is 4.39. The first-order chi connectivity index (χ1) is 18.3. The van der Waals surface area contributed by atoms with Crippen LogP contribution in [0, 0.1) is 6.92 Å². The topological polar surface area (TPSA) is 97.8 Å². The van der Waals surface area contributed by atoms with Gasteiger partial charge in [0.05, 0.1) is 5.02 Å². The Balaban J connectivity index is 0.00000220. The maximum atomic E-state index is 13.7. The number of carbonyl (C=O) groups is 1. The van der Waals surface area contributed by atoms with E-state index >= 15 is 0 Å². The Morgan fingerprint density at radius 2 is 1.82 bits per heavy atom. The minimum absolute atomic E-state index is 0. The Bertz CT molecular complexity index is 1470. The number of piperidine rings is 1. The van der Waals surface area contributed by atoms with Crippen LogP contribution in [0.15, 0.2) is 47.4 Å². The molecule has 2 fully saturated rings. The van der Waals surface area contributed by atoms with E-state index in [0.717, 1.165) is 24.2 Å². The predicted molar refractivity (Wildman–Crippen MR) is 161 cm³/mol. The fraction of sp³-hybridized carbons (Fsp3) is 0.407. The number of sulfonamides is 1. The van der Waals surface area contributed by atoms with Crippen molar-refractivity contribution >= 4 is 74.9 Å². The van der Waals surface area contributed by atoms with E-state index in [9.17, 15) is 13.2 Å². The second kappa shape index (κ2) is 13.9. The average Bonchev–Trinajstić information content (AvgIpc) is 3.40. The van der Waals surface area contributed by atoms with Crippen LogP contribution < -0.4 is 10.1 Å². The first-order valence-electron chi connectivity index (χ1n) is 12.6. The van der Waals surface area contributed by atoms with Crippen molar-refractivity contribution in [3.63, 3.8) is 0 Å². The maximum absolute atomic E-state index is 13.7. The van der Waals surface area contributed by atoms with Crippen molar-refractivity contribution in [3.8, 4) is 5.75 Å². The number of nitrogens with zero attached hydrogens (tertiary/aromatic N) is 2. The zero-order valence-electron chi connectivity index (χ0n) is 21.8. The molecule has 8 nitrogen and oxygen atoms in total. The van der Waals surface area contributed by atoms with E-state index in [2.05, 4.69) is 10.3 Å². The number of fused-ring (bicyclic) bond motifs is 1. The Morgan fingerprint density at radius 1 is 1.07 bits per heavy atom. The molecule has 0 unspecified atom stereocenters. The van der Waals surface area contributed by atoms with E-state index in [-0.39, 0.29) is 59.0 Å². The number of carbonyl (C=O) groups excluding carboxylic acids is 1. The van der Waals surface area contributed by atoms with Gasteiger partial charge in [-0.25, -0.2) is 13.4 Å². The van der Waals surface area contributed by atoms with Gasteiger partial charge in [0.1, 0.15) is 34.9 Å². The number of hydrogen-bond donors (Lipinski definition) is 1. The lowest BCUT2D eigenvalue weighted by atomic mass is 10.1. The van der Waals surface area contributed by atoms with Gasteiger partial charge in [0, 0.05) is 28.2 Å². The van der Waals surface area contributed by atoms with Gasteiger partial charge in [-0.2, -0.15) is 4.31 Å². The predicted octanol–water partition coefficient (Wildman–Crippen LogP) is 5.72. The van der Waals surface area contributed by atoms with Crippen LogP contribution in [0.3, 0.4) is 0 Å². The highest BCUT2D eigenvalue weighted by Crippen LogP contribution is 2.36. The Morgan fingerprint density at radius 3 is 2.58 bits per heavy atom. The number of aromatic nitrogens is 1. The molecule has 13 heteroatoms. The molecule has 1 atom stereocenters.